The SMILES string of the molecule is Cn1cc(CCC(=O)c2ccc(C(F)(F)F)cn2)cn1. The van der Waals surface area contributed by atoms with Crippen molar-refractivity contribution in [2.75, 3.05) is 0 Å². The highest BCUT2D eigenvalue weighted by atomic mass is 19.4. The van der Waals surface area contributed by atoms with E-state index in [0.717, 1.165) is 17.7 Å². The standard InChI is InChI=1S/C13H12F3N3O/c1-19-8-9(6-18-19)2-5-12(20)11-4-3-10(7-17-11)13(14,15)16/h3-4,6-8H,2,5H2,1H3. The summed E-state index contributed by atoms with van der Waals surface area (Å²) >= 11 is 0. The number of aromatic nitrogens is 3. The minimum atomic E-state index is -4.44. The van der Waals surface area contributed by atoms with E-state index in [-0.39, 0.29) is 17.9 Å². The number of rotatable bonds is 4. The van der Waals surface area contributed by atoms with Gasteiger partial charge < -0.3 is 0 Å². The first-order valence-electron chi connectivity index (χ1n) is 5.90. The molecule has 2 aromatic heterocycles. The lowest BCUT2D eigenvalue weighted by molar-refractivity contribution is -0.137. The number of hydrogen-bond acceptors (Lipinski definition) is 3. The minimum absolute atomic E-state index is 0.0434. The third kappa shape index (κ3) is 3.43. The van der Waals surface area contributed by atoms with Crippen molar-refractivity contribution in [1.82, 2.24) is 14.8 Å². The molecule has 0 saturated heterocycles. The Bertz CT molecular complexity index is 602. The van der Waals surface area contributed by atoms with Crippen LogP contribution in [0.5, 0.6) is 0 Å². The maximum absolute atomic E-state index is 12.4. The molecule has 0 unspecified atom stereocenters. The van der Waals surface area contributed by atoms with Crippen LogP contribution in [0.4, 0.5) is 13.2 Å². The normalized spacial score (nSPS) is 11.6. The van der Waals surface area contributed by atoms with Crippen LogP contribution in [0.3, 0.4) is 0 Å². The number of aryl methyl sites for hydroxylation is 2. The van der Waals surface area contributed by atoms with Gasteiger partial charge in [0.1, 0.15) is 5.69 Å². The van der Waals surface area contributed by atoms with Gasteiger partial charge in [-0.05, 0) is 24.1 Å². The van der Waals surface area contributed by atoms with Crippen molar-refractivity contribution in [3.63, 3.8) is 0 Å². The van der Waals surface area contributed by atoms with E-state index in [4.69, 9.17) is 0 Å². The summed E-state index contributed by atoms with van der Waals surface area (Å²) in [5.41, 5.74) is 0.0796. The monoisotopic (exact) mass is 283 g/mol. The van der Waals surface area contributed by atoms with Crippen molar-refractivity contribution in [2.45, 2.75) is 19.0 Å². The summed E-state index contributed by atoms with van der Waals surface area (Å²) in [5.74, 6) is -0.289. The van der Waals surface area contributed by atoms with Crippen LogP contribution in [0.15, 0.2) is 30.7 Å². The Kier molecular flexibility index (Phi) is 3.87. The number of halogens is 3. The lowest BCUT2D eigenvalue weighted by Crippen LogP contribution is -2.08. The molecule has 0 bridgehead atoms. The second kappa shape index (κ2) is 5.44. The second-order valence-electron chi connectivity index (χ2n) is 4.38. The maximum Gasteiger partial charge on any atom is 0.417 e. The van der Waals surface area contributed by atoms with Crippen LogP contribution in [0.25, 0.3) is 0 Å². The molecule has 2 aromatic rings. The molecule has 0 fully saturated rings. The lowest BCUT2D eigenvalue weighted by atomic mass is 10.1. The van der Waals surface area contributed by atoms with E-state index < -0.39 is 11.7 Å². The average molecular weight is 283 g/mol. The summed E-state index contributed by atoms with van der Waals surface area (Å²) in [7, 11) is 1.77. The Morgan fingerprint density at radius 3 is 2.55 bits per heavy atom. The highest BCUT2D eigenvalue weighted by Gasteiger charge is 2.30. The highest BCUT2D eigenvalue weighted by molar-refractivity contribution is 5.94. The van der Waals surface area contributed by atoms with Gasteiger partial charge in [0.15, 0.2) is 5.78 Å². The molecule has 2 rings (SSSR count). The molecule has 0 aromatic carbocycles. The number of Topliss-reactive ketones (excluding diaryl/α,β-unsaturated/α-hetero) is 1. The molecule has 0 atom stereocenters. The van der Waals surface area contributed by atoms with Crippen LogP contribution < -0.4 is 0 Å². The topological polar surface area (TPSA) is 47.8 Å². The maximum atomic E-state index is 12.4. The molecule has 0 aliphatic rings. The second-order valence-corrected chi connectivity index (χ2v) is 4.38. The van der Waals surface area contributed by atoms with Gasteiger partial charge >= 0.3 is 6.18 Å². The molecule has 4 nitrogen and oxygen atoms in total. The molecule has 106 valence electrons. The zero-order chi connectivity index (χ0) is 14.8. The van der Waals surface area contributed by atoms with Gasteiger partial charge in [0, 0.05) is 25.9 Å². The van der Waals surface area contributed by atoms with Crippen molar-refractivity contribution in [2.24, 2.45) is 7.05 Å². The van der Waals surface area contributed by atoms with Crippen LogP contribution in [0.2, 0.25) is 0 Å². The number of carbonyl (C=O) groups is 1. The smallest absolute Gasteiger partial charge is 0.292 e. The Morgan fingerprint density at radius 1 is 1.30 bits per heavy atom. The Labute approximate surface area is 113 Å². The van der Waals surface area contributed by atoms with E-state index in [9.17, 15) is 18.0 Å². The van der Waals surface area contributed by atoms with Gasteiger partial charge in [0.2, 0.25) is 0 Å². The van der Waals surface area contributed by atoms with Crippen molar-refractivity contribution in [1.29, 1.82) is 0 Å². The van der Waals surface area contributed by atoms with Crippen LogP contribution in [0, 0.1) is 0 Å². The van der Waals surface area contributed by atoms with E-state index in [1.807, 2.05) is 0 Å². The predicted molar refractivity (Wildman–Crippen MR) is 65.1 cm³/mol. The number of ketones is 1. The zero-order valence-electron chi connectivity index (χ0n) is 10.7. The molecule has 20 heavy (non-hydrogen) atoms. The lowest BCUT2D eigenvalue weighted by Gasteiger charge is -2.06. The van der Waals surface area contributed by atoms with Crippen molar-refractivity contribution >= 4 is 5.78 Å². The number of hydrogen-bond donors (Lipinski definition) is 0. The van der Waals surface area contributed by atoms with Gasteiger partial charge in [-0.1, -0.05) is 0 Å². The Balaban J connectivity index is 1.99. The van der Waals surface area contributed by atoms with Crippen molar-refractivity contribution in [3.05, 3.63) is 47.5 Å². The van der Waals surface area contributed by atoms with Gasteiger partial charge in [0.25, 0.3) is 0 Å². The third-order valence-electron chi connectivity index (χ3n) is 2.78. The predicted octanol–water partition coefficient (Wildman–Crippen LogP) is 2.65. The molecular formula is C13H12F3N3O. The Hall–Kier alpha value is -2.18. The van der Waals surface area contributed by atoms with Gasteiger partial charge in [-0.25, -0.2) is 0 Å². The molecule has 0 aliphatic carbocycles. The quantitative estimate of drug-likeness (QED) is 0.810. The first kappa shape index (κ1) is 14.2. The van der Waals surface area contributed by atoms with E-state index in [1.54, 1.807) is 24.1 Å². The fourth-order valence-corrected chi connectivity index (χ4v) is 1.71. The number of carbonyl (C=O) groups excluding carboxylic acids is 1. The molecule has 0 spiro atoms. The molecule has 7 heteroatoms. The van der Waals surface area contributed by atoms with E-state index >= 15 is 0 Å². The van der Waals surface area contributed by atoms with Crippen LogP contribution in [-0.4, -0.2) is 20.5 Å². The van der Waals surface area contributed by atoms with Gasteiger partial charge in [-0.15, -0.1) is 0 Å². The number of alkyl halides is 3. The van der Waals surface area contributed by atoms with Gasteiger partial charge in [0.05, 0.1) is 11.8 Å². The fourth-order valence-electron chi connectivity index (χ4n) is 1.71. The third-order valence-corrected chi connectivity index (χ3v) is 2.78. The molecular weight excluding hydrogens is 271 g/mol. The fraction of sp³-hybridized carbons (Fsp3) is 0.308. The van der Waals surface area contributed by atoms with Crippen LogP contribution in [0.1, 0.15) is 28.0 Å². The first-order chi connectivity index (χ1) is 9.36. The van der Waals surface area contributed by atoms with Gasteiger partial charge in [-0.3, -0.25) is 14.5 Å². The van der Waals surface area contributed by atoms with E-state index in [1.165, 1.54) is 0 Å². The summed E-state index contributed by atoms with van der Waals surface area (Å²) in [6, 6.07) is 1.97. The van der Waals surface area contributed by atoms with Crippen molar-refractivity contribution < 1.29 is 18.0 Å². The molecule has 2 heterocycles. The average Bonchev–Trinajstić information content (AvgIpc) is 2.81. The first-order valence-corrected chi connectivity index (χ1v) is 5.90. The van der Waals surface area contributed by atoms with Crippen LogP contribution in [-0.2, 0) is 19.6 Å². The van der Waals surface area contributed by atoms with Crippen molar-refractivity contribution in [3.8, 4) is 0 Å². The summed E-state index contributed by atoms with van der Waals surface area (Å²) in [6.45, 7) is 0. The number of nitrogens with zero attached hydrogens (tertiary/aromatic N) is 3. The highest BCUT2D eigenvalue weighted by Crippen LogP contribution is 2.28. The Morgan fingerprint density at radius 2 is 2.05 bits per heavy atom. The molecule has 0 saturated carbocycles. The van der Waals surface area contributed by atoms with E-state index in [2.05, 4.69) is 10.1 Å². The molecule has 0 aliphatic heterocycles. The summed E-state index contributed by atoms with van der Waals surface area (Å²) in [5, 5.41) is 3.97. The largest absolute Gasteiger partial charge is 0.417 e. The molecule has 0 N–H and O–H groups in total. The summed E-state index contributed by atoms with van der Waals surface area (Å²) in [4.78, 5) is 15.4. The van der Waals surface area contributed by atoms with Gasteiger partial charge in [-0.2, -0.15) is 18.3 Å². The van der Waals surface area contributed by atoms with Crippen LogP contribution >= 0.6 is 0 Å². The minimum Gasteiger partial charge on any atom is -0.292 e. The summed E-state index contributed by atoms with van der Waals surface area (Å²) < 4.78 is 38.7. The zero-order valence-corrected chi connectivity index (χ0v) is 10.7. The summed E-state index contributed by atoms with van der Waals surface area (Å²) in [6.07, 6.45) is 0.335. The van der Waals surface area contributed by atoms with E-state index in [0.29, 0.717) is 12.6 Å². The number of pyridine rings is 1. The molecule has 0 amide bonds. The molecule has 0 radical (unpaired) electrons.